The predicted molar refractivity (Wildman–Crippen MR) is 112 cm³/mol. The lowest BCUT2D eigenvalue weighted by Gasteiger charge is -2.11. The highest BCUT2D eigenvalue weighted by molar-refractivity contribution is 6.30. The number of halogens is 1. The van der Waals surface area contributed by atoms with Crippen LogP contribution >= 0.6 is 11.6 Å². The van der Waals surface area contributed by atoms with E-state index in [2.05, 4.69) is 15.2 Å². The molecule has 5 nitrogen and oxygen atoms in total. The van der Waals surface area contributed by atoms with E-state index in [0.29, 0.717) is 23.1 Å². The molecule has 1 heterocycles. The van der Waals surface area contributed by atoms with Gasteiger partial charge in [-0.05, 0) is 59.7 Å². The minimum atomic E-state index is 0.436. The van der Waals surface area contributed by atoms with Gasteiger partial charge in [0.2, 0.25) is 0 Å². The zero-order valence-corrected chi connectivity index (χ0v) is 16.0. The van der Waals surface area contributed by atoms with Gasteiger partial charge in [-0.3, -0.25) is 10.1 Å². The van der Waals surface area contributed by atoms with Crippen LogP contribution in [0, 0.1) is 0 Å². The number of benzene rings is 3. The Morgan fingerprint density at radius 2 is 1.89 bits per heavy atom. The van der Waals surface area contributed by atoms with E-state index in [9.17, 15) is 0 Å². The average molecular weight is 392 g/mol. The zero-order valence-electron chi connectivity index (χ0n) is 15.2. The van der Waals surface area contributed by atoms with Crippen molar-refractivity contribution in [1.29, 1.82) is 0 Å². The third-order valence-electron chi connectivity index (χ3n) is 4.28. The van der Waals surface area contributed by atoms with Gasteiger partial charge in [-0.1, -0.05) is 23.7 Å². The molecular weight excluding hydrogens is 374 g/mol. The number of nitrogens with zero attached hydrogens (tertiary/aromatic N) is 2. The number of fused-ring (bicyclic) bond motifs is 1. The van der Waals surface area contributed by atoms with Gasteiger partial charge in [0, 0.05) is 16.6 Å². The van der Waals surface area contributed by atoms with Gasteiger partial charge in [0.15, 0.2) is 11.5 Å². The Labute approximate surface area is 167 Å². The van der Waals surface area contributed by atoms with E-state index >= 15 is 0 Å². The first-order valence-corrected chi connectivity index (χ1v) is 9.11. The highest BCUT2D eigenvalue weighted by atomic mass is 35.5. The molecule has 1 aromatic heterocycles. The van der Waals surface area contributed by atoms with Gasteiger partial charge in [-0.2, -0.15) is 5.10 Å². The Balaban J connectivity index is 1.48. The first-order valence-electron chi connectivity index (χ1n) is 8.74. The van der Waals surface area contributed by atoms with Gasteiger partial charge in [0.25, 0.3) is 0 Å². The zero-order chi connectivity index (χ0) is 19.3. The summed E-state index contributed by atoms with van der Waals surface area (Å²) < 4.78 is 11.4. The summed E-state index contributed by atoms with van der Waals surface area (Å²) in [5.74, 6) is 1.33. The lowest BCUT2D eigenvalue weighted by molar-refractivity contribution is 0.284. The van der Waals surface area contributed by atoms with Crippen molar-refractivity contribution in [2.45, 2.75) is 6.61 Å². The van der Waals surface area contributed by atoms with Gasteiger partial charge < -0.3 is 9.47 Å². The largest absolute Gasteiger partial charge is 0.493 e. The smallest absolute Gasteiger partial charge is 0.161 e. The molecule has 28 heavy (non-hydrogen) atoms. The first kappa shape index (κ1) is 18.1. The lowest BCUT2D eigenvalue weighted by atomic mass is 10.2. The summed E-state index contributed by atoms with van der Waals surface area (Å²) in [5.41, 5.74) is 3.75. The lowest BCUT2D eigenvalue weighted by Crippen LogP contribution is -1.98. The van der Waals surface area contributed by atoms with Crippen LogP contribution in [0.2, 0.25) is 5.02 Å². The third kappa shape index (κ3) is 4.15. The van der Waals surface area contributed by atoms with Crippen molar-refractivity contribution in [1.82, 2.24) is 10.2 Å². The van der Waals surface area contributed by atoms with Crippen molar-refractivity contribution >= 4 is 34.4 Å². The molecule has 4 rings (SSSR count). The van der Waals surface area contributed by atoms with E-state index in [-0.39, 0.29) is 0 Å². The van der Waals surface area contributed by atoms with E-state index in [0.717, 1.165) is 27.7 Å². The van der Waals surface area contributed by atoms with Gasteiger partial charge in [-0.25, -0.2) is 0 Å². The van der Waals surface area contributed by atoms with Crippen molar-refractivity contribution < 1.29 is 9.47 Å². The molecule has 4 aromatic rings. The van der Waals surface area contributed by atoms with Crippen LogP contribution in [0.25, 0.3) is 10.9 Å². The van der Waals surface area contributed by atoms with Crippen LogP contribution in [0.1, 0.15) is 11.1 Å². The maximum absolute atomic E-state index is 5.91. The number of hydrogen-bond acceptors (Lipinski definition) is 4. The first-order chi connectivity index (χ1) is 13.7. The molecule has 6 heteroatoms. The monoisotopic (exact) mass is 391 g/mol. The van der Waals surface area contributed by atoms with Crippen LogP contribution < -0.4 is 9.47 Å². The number of H-pyrrole nitrogens is 1. The van der Waals surface area contributed by atoms with E-state index in [1.54, 1.807) is 19.5 Å². The van der Waals surface area contributed by atoms with Crippen LogP contribution in [0.15, 0.2) is 71.9 Å². The Morgan fingerprint density at radius 3 is 2.71 bits per heavy atom. The molecule has 140 valence electrons. The Kier molecular flexibility index (Phi) is 5.26. The molecule has 0 aliphatic carbocycles. The second-order valence-electron chi connectivity index (χ2n) is 6.23. The number of hydrogen-bond donors (Lipinski definition) is 1. The minimum absolute atomic E-state index is 0.436. The summed E-state index contributed by atoms with van der Waals surface area (Å²) in [6, 6.07) is 19.2. The number of aromatic amines is 1. The summed E-state index contributed by atoms with van der Waals surface area (Å²) in [6.45, 7) is 0.436. The molecule has 0 aliphatic rings. The molecule has 0 fully saturated rings. The van der Waals surface area contributed by atoms with Crippen LogP contribution in [-0.4, -0.2) is 23.5 Å². The third-order valence-corrected chi connectivity index (χ3v) is 4.54. The highest BCUT2D eigenvalue weighted by Crippen LogP contribution is 2.29. The summed E-state index contributed by atoms with van der Waals surface area (Å²) in [4.78, 5) is 4.53. The summed E-state index contributed by atoms with van der Waals surface area (Å²) in [7, 11) is 1.62. The topological polar surface area (TPSA) is 59.5 Å². The van der Waals surface area contributed by atoms with Crippen LogP contribution in [-0.2, 0) is 6.61 Å². The molecule has 0 spiro atoms. The van der Waals surface area contributed by atoms with Crippen molar-refractivity contribution in [3.05, 3.63) is 83.0 Å². The Bertz CT molecular complexity index is 1120. The Morgan fingerprint density at radius 1 is 1.04 bits per heavy atom. The number of ether oxygens (including phenoxy) is 2. The summed E-state index contributed by atoms with van der Waals surface area (Å²) in [5, 5.41) is 8.73. The predicted octanol–water partition coefficient (Wildman–Crippen LogP) is 5.55. The Hall–Kier alpha value is -3.31. The molecule has 1 N–H and O–H groups in total. The fraction of sp³-hybridized carbons (Fsp3) is 0.0909. The van der Waals surface area contributed by atoms with E-state index < -0.39 is 0 Å². The second kappa shape index (κ2) is 8.15. The molecule has 0 aliphatic heterocycles. The summed E-state index contributed by atoms with van der Waals surface area (Å²) >= 11 is 5.91. The molecule has 0 radical (unpaired) electrons. The van der Waals surface area contributed by atoms with Gasteiger partial charge in [0.1, 0.15) is 6.61 Å². The molecule has 0 saturated heterocycles. The summed E-state index contributed by atoms with van der Waals surface area (Å²) in [6.07, 6.45) is 3.58. The minimum Gasteiger partial charge on any atom is -0.493 e. The maximum Gasteiger partial charge on any atom is 0.161 e. The number of rotatable bonds is 6. The number of aliphatic imine (C=N–C) groups is 1. The van der Waals surface area contributed by atoms with Gasteiger partial charge in [0.05, 0.1) is 24.5 Å². The standard InChI is InChI=1S/C22H18ClN3O2/c1-27-22-10-16(12-24-19-8-5-17-13-25-26-20(17)11-19)4-9-21(22)28-14-15-2-6-18(23)7-3-15/h2-13H,14H2,1H3,(H,25,26). The molecule has 0 unspecified atom stereocenters. The SMILES string of the molecule is COc1cc(C=Nc2ccc3cn[nH]c3c2)ccc1OCc1ccc(Cl)cc1. The number of methoxy groups -OCH3 is 1. The van der Waals surface area contributed by atoms with Crippen molar-refractivity contribution in [2.75, 3.05) is 7.11 Å². The average Bonchev–Trinajstić information content (AvgIpc) is 3.20. The van der Waals surface area contributed by atoms with Crippen LogP contribution in [0.3, 0.4) is 0 Å². The van der Waals surface area contributed by atoms with Crippen molar-refractivity contribution in [2.24, 2.45) is 4.99 Å². The molecule has 0 atom stereocenters. The van der Waals surface area contributed by atoms with E-state index in [1.807, 2.05) is 60.7 Å². The normalized spacial score (nSPS) is 11.2. The maximum atomic E-state index is 5.91. The number of aromatic nitrogens is 2. The molecule has 3 aromatic carbocycles. The van der Waals surface area contributed by atoms with Crippen molar-refractivity contribution in [3.63, 3.8) is 0 Å². The highest BCUT2D eigenvalue weighted by Gasteiger charge is 2.06. The van der Waals surface area contributed by atoms with E-state index in [4.69, 9.17) is 21.1 Å². The molecule has 0 saturated carbocycles. The van der Waals surface area contributed by atoms with Crippen LogP contribution in [0.4, 0.5) is 5.69 Å². The second-order valence-corrected chi connectivity index (χ2v) is 6.66. The van der Waals surface area contributed by atoms with Crippen LogP contribution in [0.5, 0.6) is 11.5 Å². The molecular formula is C22H18ClN3O2. The van der Waals surface area contributed by atoms with E-state index in [1.165, 1.54) is 0 Å². The quantitative estimate of drug-likeness (QED) is 0.438. The fourth-order valence-electron chi connectivity index (χ4n) is 2.78. The van der Waals surface area contributed by atoms with Crippen molar-refractivity contribution in [3.8, 4) is 11.5 Å². The van der Waals surface area contributed by atoms with Gasteiger partial charge in [-0.15, -0.1) is 0 Å². The van der Waals surface area contributed by atoms with Gasteiger partial charge >= 0.3 is 0 Å². The fourth-order valence-corrected chi connectivity index (χ4v) is 2.91. The molecule has 0 bridgehead atoms. The number of nitrogens with one attached hydrogen (secondary N) is 1. The molecule has 0 amide bonds.